The lowest BCUT2D eigenvalue weighted by Gasteiger charge is -2.34. The van der Waals surface area contributed by atoms with Gasteiger partial charge in [0.15, 0.2) is 0 Å². The van der Waals surface area contributed by atoms with Gasteiger partial charge in [0.05, 0.1) is 22.4 Å². The van der Waals surface area contributed by atoms with Crippen LogP contribution in [0.3, 0.4) is 0 Å². The highest BCUT2D eigenvalue weighted by molar-refractivity contribution is 6.07. The van der Waals surface area contributed by atoms with Crippen LogP contribution in [0.5, 0.6) is 0 Å². The molecule has 0 aromatic heterocycles. The molecule has 3 heterocycles. The van der Waals surface area contributed by atoms with Gasteiger partial charge >= 0.3 is 0 Å². The van der Waals surface area contributed by atoms with E-state index in [2.05, 4.69) is 59.7 Å². The Morgan fingerprint density at radius 1 is 1.04 bits per heavy atom. The molecular formula is C23H25FN4. The number of nitrogens with zero attached hydrogens (tertiary/aromatic N) is 4. The van der Waals surface area contributed by atoms with Gasteiger partial charge in [0.25, 0.3) is 0 Å². The molecule has 5 heteroatoms. The molecule has 4 nitrogen and oxygen atoms in total. The Balaban J connectivity index is 1.76. The van der Waals surface area contributed by atoms with Gasteiger partial charge in [-0.15, -0.1) is 0 Å². The van der Waals surface area contributed by atoms with Crippen LogP contribution in [-0.4, -0.2) is 47.7 Å². The van der Waals surface area contributed by atoms with Gasteiger partial charge in [0, 0.05) is 55.3 Å². The van der Waals surface area contributed by atoms with Gasteiger partial charge in [0.2, 0.25) is 0 Å². The average molecular weight is 376 g/mol. The van der Waals surface area contributed by atoms with Gasteiger partial charge < -0.3 is 14.4 Å². The number of likely N-dealkylation sites (N-methyl/N-ethyl adjacent to an activating group) is 1. The van der Waals surface area contributed by atoms with E-state index in [9.17, 15) is 0 Å². The number of hydrogen-bond acceptors (Lipinski definition) is 3. The van der Waals surface area contributed by atoms with Crippen LogP contribution in [0.4, 0.5) is 10.1 Å². The highest BCUT2D eigenvalue weighted by Gasteiger charge is 2.22. The third-order valence-electron chi connectivity index (χ3n) is 6.03. The van der Waals surface area contributed by atoms with Crippen LogP contribution in [0.25, 0.3) is 33.1 Å². The quantitative estimate of drug-likeness (QED) is 0.514. The minimum absolute atomic E-state index is 0.157. The number of rotatable bonds is 2. The number of benzene rings is 2. The monoisotopic (exact) mass is 376 g/mol. The van der Waals surface area contributed by atoms with E-state index < -0.39 is 0 Å². The van der Waals surface area contributed by atoms with E-state index >= 15 is 4.39 Å². The number of aromatic nitrogens is 2. The standard InChI is InChI=1S/C23H25FN4/c1-4-27-14-18-16-11-15(2)5-6-20(16)25-23(18)17-12-19(24)22(13-21(17)27)28-9-7-26(3)8-10-28/h5-6,11-14H,4,7-10H2,1-3H3. The second-order valence-corrected chi connectivity index (χ2v) is 7.92. The van der Waals surface area contributed by atoms with E-state index in [1.165, 1.54) is 5.56 Å². The first kappa shape index (κ1) is 17.4. The van der Waals surface area contributed by atoms with Crippen LogP contribution in [0, 0.1) is 12.7 Å². The Hall–Kier alpha value is -2.66. The predicted molar refractivity (Wildman–Crippen MR) is 114 cm³/mol. The molecule has 1 fully saturated rings. The highest BCUT2D eigenvalue weighted by Crippen LogP contribution is 2.39. The third-order valence-corrected chi connectivity index (χ3v) is 6.03. The molecule has 0 spiro atoms. The normalized spacial score (nSPS) is 15.9. The van der Waals surface area contributed by atoms with Crippen LogP contribution in [0.2, 0.25) is 0 Å². The molecule has 0 atom stereocenters. The van der Waals surface area contributed by atoms with Gasteiger partial charge in [-0.25, -0.2) is 9.37 Å². The molecule has 3 aliphatic rings. The SMILES string of the molecule is CCn1cc2c3cc(C)ccc3nc-2c2cc(F)c(N3CCN(C)CC3)cc21. The Bertz CT molecular complexity index is 1150. The molecule has 0 N–H and O–H groups in total. The Kier molecular flexibility index (Phi) is 4.02. The molecule has 0 saturated carbocycles. The first-order valence-corrected chi connectivity index (χ1v) is 10.0. The summed E-state index contributed by atoms with van der Waals surface area (Å²) < 4.78 is 17.4. The number of fused-ring (bicyclic) bond motifs is 5. The molecular weight excluding hydrogens is 351 g/mol. The van der Waals surface area contributed by atoms with Crippen LogP contribution >= 0.6 is 0 Å². The molecule has 0 unspecified atom stereocenters. The van der Waals surface area contributed by atoms with Crippen molar-refractivity contribution in [3.8, 4) is 11.3 Å². The maximum atomic E-state index is 15.2. The van der Waals surface area contributed by atoms with E-state index in [1.807, 2.05) is 6.07 Å². The lowest BCUT2D eigenvalue weighted by atomic mass is 10.0. The van der Waals surface area contributed by atoms with E-state index in [1.54, 1.807) is 6.07 Å². The van der Waals surface area contributed by atoms with Crippen LogP contribution in [0.15, 0.2) is 36.5 Å². The average Bonchev–Trinajstić information content (AvgIpc) is 3.05. The minimum Gasteiger partial charge on any atom is -0.367 e. The van der Waals surface area contributed by atoms with Crippen LogP contribution in [0.1, 0.15) is 12.5 Å². The maximum absolute atomic E-state index is 15.2. The number of anilines is 1. The van der Waals surface area contributed by atoms with Crippen molar-refractivity contribution in [2.45, 2.75) is 20.4 Å². The van der Waals surface area contributed by atoms with E-state index in [0.717, 1.165) is 65.8 Å². The lowest BCUT2D eigenvalue weighted by molar-refractivity contribution is 0.312. The summed E-state index contributed by atoms with van der Waals surface area (Å²) in [7, 11) is 2.11. The van der Waals surface area contributed by atoms with Gasteiger partial charge in [-0.05, 0) is 45.2 Å². The van der Waals surface area contributed by atoms with E-state index in [-0.39, 0.29) is 5.82 Å². The molecule has 3 aliphatic heterocycles. The fourth-order valence-electron chi connectivity index (χ4n) is 4.36. The fourth-order valence-corrected chi connectivity index (χ4v) is 4.36. The van der Waals surface area contributed by atoms with Crippen molar-refractivity contribution in [2.24, 2.45) is 0 Å². The van der Waals surface area contributed by atoms with Crippen LogP contribution in [-0.2, 0) is 6.54 Å². The number of pyridine rings is 1. The maximum Gasteiger partial charge on any atom is 0.147 e. The van der Waals surface area contributed by atoms with E-state index in [4.69, 9.17) is 4.98 Å². The Labute approximate surface area is 164 Å². The third kappa shape index (κ3) is 2.65. The van der Waals surface area contributed by atoms with Crippen molar-refractivity contribution >= 4 is 27.5 Å². The van der Waals surface area contributed by atoms with E-state index in [0.29, 0.717) is 5.69 Å². The molecule has 0 amide bonds. The summed E-state index contributed by atoms with van der Waals surface area (Å²) in [6.45, 7) is 8.68. The molecule has 1 saturated heterocycles. The number of piperazine rings is 1. The molecule has 2 aromatic rings. The molecule has 5 rings (SSSR count). The van der Waals surface area contributed by atoms with Crippen molar-refractivity contribution in [1.29, 1.82) is 0 Å². The van der Waals surface area contributed by atoms with Crippen LogP contribution < -0.4 is 4.90 Å². The molecule has 144 valence electrons. The molecule has 0 aliphatic carbocycles. The smallest absolute Gasteiger partial charge is 0.147 e. The summed E-state index contributed by atoms with van der Waals surface area (Å²) in [5.41, 5.74) is 5.92. The first-order chi connectivity index (χ1) is 13.5. The molecule has 0 radical (unpaired) electrons. The summed E-state index contributed by atoms with van der Waals surface area (Å²) in [5.74, 6) is -0.157. The van der Waals surface area contributed by atoms with Gasteiger partial charge in [-0.2, -0.15) is 0 Å². The first-order valence-electron chi connectivity index (χ1n) is 10.0. The summed E-state index contributed by atoms with van der Waals surface area (Å²) >= 11 is 0. The molecule has 0 bridgehead atoms. The Morgan fingerprint density at radius 2 is 1.82 bits per heavy atom. The summed E-state index contributed by atoms with van der Waals surface area (Å²) in [4.78, 5) is 9.30. The second kappa shape index (κ2) is 6.45. The van der Waals surface area contributed by atoms with Crippen molar-refractivity contribution in [2.75, 3.05) is 38.1 Å². The lowest BCUT2D eigenvalue weighted by Crippen LogP contribution is -2.44. The topological polar surface area (TPSA) is 24.3 Å². The highest BCUT2D eigenvalue weighted by atomic mass is 19.1. The molecule has 2 aromatic carbocycles. The summed E-state index contributed by atoms with van der Waals surface area (Å²) in [6, 6.07) is 10.0. The number of aryl methyl sites for hydroxylation is 2. The molecule has 28 heavy (non-hydrogen) atoms. The summed E-state index contributed by atoms with van der Waals surface area (Å²) in [5, 5.41) is 2.03. The summed E-state index contributed by atoms with van der Waals surface area (Å²) in [6.07, 6.45) is 2.18. The zero-order chi connectivity index (χ0) is 19.4. The fraction of sp³-hybridized carbons (Fsp3) is 0.348. The zero-order valence-corrected chi connectivity index (χ0v) is 16.7. The largest absolute Gasteiger partial charge is 0.367 e. The van der Waals surface area contributed by atoms with Gasteiger partial charge in [0.1, 0.15) is 5.82 Å². The number of halogens is 1. The van der Waals surface area contributed by atoms with Crippen molar-refractivity contribution in [3.63, 3.8) is 0 Å². The minimum atomic E-state index is -0.157. The second-order valence-electron chi connectivity index (χ2n) is 7.92. The van der Waals surface area contributed by atoms with Crippen molar-refractivity contribution in [3.05, 3.63) is 47.9 Å². The zero-order valence-electron chi connectivity index (χ0n) is 16.7. The van der Waals surface area contributed by atoms with Gasteiger partial charge in [-0.1, -0.05) is 11.6 Å². The number of hydrogen-bond donors (Lipinski definition) is 0. The predicted octanol–water partition coefficient (Wildman–Crippen LogP) is 4.51. The van der Waals surface area contributed by atoms with Gasteiger partial charge in [-0.3, -0.25) is 0 Å². The van der Waals surface area contributed by atoms with Crippen molar-refractivity contribution < 1.29 is 4.39 Å². The Morgan fingerprint density at radius 3 is 2.57 bits per heavy atom. The van der Waals surface area contributed by atoms with Crippen molar-refractivity contribution in [1.82, 2.24) is 14.5 Å².